The summed E-state index contributed by atoms with van der Waals surface area (Å²) in [4.78, 5) is 26.5. The molecule has 4 rings (SSSR count). The molecule has 0 aliphatic carbocycles. The lowest BCUT2D eigenvalue weighted by Crippen LogP contribution is -2.42. The molecule has 2 aliphatic heterocycles. The fourth-order valence-electron chi connectivity index (χ4n) is 3.36. The molecule has 152 valence electrons. The zero-order valence-electron chi connectivity index (χ0n) is 16.2. The van der Waals surface area contributed by atoms with E-state index in [-0.39, 0.29) is 19.9 Å². The third-order valence-corrected chi connectivity index (χ3v) is 5.08. The van der Waals surface area contributed by atoms with Crippen molar-refractivity contribution >= 4 is 11.9 Å². The number of benzene rings is 2. The number of nitrogens with zero attached hydrogens (tertiary/aromatic N) is 1. The molecule has 2 aromatic carbocycles. The first-order chi connectivity index (χ1) is 13.9. The van der Waals surface area contributed by atoms with E-state index in [0.717, 1.165) is 10.5 Å². The van der Waals surface area contributed by atoms with Gasteiger partial charge in [0.2, 0.25) is 6.79 Å². The minimum absolute atomic E-state index is 0.0408. The Hall–Kier alpha value is -3.26. The quantitative estimate of drug-likeness (QED) is 0.722. The molecule has 8 nitrogen and oxygen atoms in total. The van der Waals surface area contributed by atoms with Crippen molar-refractivity contribution in [1.82, 2.24) is 10.2 Å². The normalized spacial score (nSPS) is 21.3. The van der Waals surface area contributed by atoms with Crippen LogP contribution in [-0.4, -0.2) is 48.0 Å². The second-order valence-electron chi connectivity index (χ2n) is 7.32. The van der Waals surface area contributed by atoms with E-state index in [1.807, 2.05) is 19.1 Å². The van der Waals surface area contributed by atoms with Gasteiger partial charge in [0.05, 0.1) is 6.54 Å². The molecule has 2 heterocycles. The number of hydrogen-bond donors (Lipinski definition) is 2. The van der Waals surface area contributed by atoms with Crippen LogP contribution in [0.25, 0.3) is 0 Å². The lowest BCUT2D eigenvalue weighted by atomic mass is 9.91. The molecule has 8 heteroatoms. The predicted octanol–water partition coefficient (Wildman–Crippen LogP) is 1.93. The highest BCUT2D eigenvalue weighted by molar-refractivity contribution is 6.07. The van der Waals surface area contributed by atoms with Crippen LogP contribution in [0.1, 0.15) is 18.1 Å². The van der Waals surface area contributed by atoms with Gasteiger partial charge in [-0.1, -0.05) is 23.8 Å². The molecule has 1 saturated heterocycles. The highest BCUT2D eigenvalue weighted by Crippen LogP contribution is 2.37. The molecule has 29 heavy (non-hydrogen) atoms. The summed E-state index contributed by atoms with van der Waals surface area (Å²) in [7, 11) is 0. The SMILES string of the molecule is Cc1ccc(OC[C@@H](O)CN2C(=O)N[C@@](C)(c3ccc4c(c3)OCO4)C2=O)cc1. The Bertz CT molecular complexity index is 945. The van der Waals surface area contributed by atoms with E-state index in [9.17, 15) is 14.7 Å². The maximum Gasteiger partial charge on any atom is 0.325 e. The van der Waals surface area contributed by atoms with Gasteiger partial charge in [-0.3, -0.25) is 9.69 Å². The van der Waals surface area contributed by atoms with Gasteiger partial charge in [-0.15, -0.1) is 0 Å². The number of amides is 3. The zero-order chi connectivity index (χ0) is 20.6. The number of carbonyl (C=O) groups excluding carboxylic acids is 2. The zero-order valence-corrected chi connectivity index (χ0v) is 16.2. The van der Waals surface area contributed by atoms with Gasteiger partial charge < -0.3 is 24.6 Å². The Morgan fingerprint density at radius 3 is 2.66 bits per heavy atom. The van der Waals surface area contributed by atoms with Crippen LogP contribution in [-0.2, 0) is 10.3 Å². The van der Waals surface area contributed by atoms with Crippen LogP contribution in [0.4, 0.5) is 4.79 Å². The van der Waals surface area contributed by atoms with Gasteiger partial charge in [0, 0.05) is 0 Å². The number of hydrogen-bond acceptors (Lipinski definition) is 6. The molecule has 2 atom stereocenters. The van der Waals surface area contributed by atoms with Crippen molar-refractivity contribution in [1.29, 1.82) is 0 Å². The minimum atomic E-state index is -1.25. The third-order valence-electron chi connectivity index (χ3n) is 5.08. The Kier molecular flexibility index (Phi) is 4.79. The average Bonchev–Trinajstić information content (AvgIpc) is 3.26. The molecule has 1 fully saturated rings. The number of β-amino-alcohol motifs (C(OH)–C–C–N with tert-alkyl or cyclic N) is 1. The molecule has 3 amide bonds. The number of carbonyl (C=O) groups is 2. The van der Waals surface area contributed by atoms with Crippen molar-refractivity contribution in [2.75, 3.05) is 19.9 Å². The van der Waals surface area contributed by atoms with Gasteiger partial charge in [-0.25, -0.2) is 4.79 Å². The summed E-state index contributed by atoms with van der Waals surface area (Å²) in [5, 5.41) is 13.0. The summed E-state index contributed by atoms with van der Waals surface area (Å²) in [6.45, 7) is 3.50. The summed E-state index contributed by atoms with van der Waals surface area (Å²) in [6, 6.07) is 11.9. The molecular weight excluding hydrogens is 376 g/mol. The summed E-state index contributed by atoms with van der Waals surface area (Å²) in [5.74, 6) is 1.28. The summed E-state index contributed by atoms with van der Waals surface area (Å²) >= 11 is 0. The van der Waals surface area contributed by atoms with E-state index in [2.05, 4.69) is 5.32 Å². The second kappa shape index (κ2) is 7.29. The average molecular weight is 398 g/mol. The topological polar surface area (TPSA) is 97.3 Å². The number of ether oxygens (including phenoxy) is 3. The molecule has 0 saturated carbocycles. The first kappa shape index (κ1) is 19.1. The highest BCUT2D eigenvalue weighted by atomic mass is 16.7. The minimum Gasteiger partial charge on any atom is -0.491 e. The molecule has 0 spiro atoms. The van der Waals surface area contributed by atoms with Gasteiger partial charge in [0.15, 0.2) is 11.5 Å². The van der Waals surface area contributed by atoms with Crippen LogP contribution in [0.5, 0.6) is 17.2 Å². The van der Waals surface area contributed by atoms with Gasteiger partial charge in [0.1, 0.15) is 24.0 Å². The van der Waals surface area contributed by atoms with Crippen LogP contribution in [0.15, 0.2) is 42.5 Å². The fourth-order valence-corrected chi connectivity index (χ4v) is 3.36. The Labute approximate surface area is 168 Å². The van der Waals surface area contributed by atoms with E-state index in [4.69, 9.17) is 14.2 Å². The van der Waals surface area contributed by atoms with Gasteiger partial charge in [-0.2, -0.15) is 0 Å². The van der Waals surface area contributed by atoms with Crippen LogP contribution in [0, 0.1) is 6.92 Å². The van der Waals surface area contributed by atoms with Crippen molar-refractivity contribution in [2.45, 2.75) is 25.5 Å². The van der Waals surface area contributed by atoms with Crippen molar-refractivity contribution in [3.05, 3.63) is 53.6 Å². The predicted molar refractivity (Wildman–Crippen MR) is 103 cm³/mol. The number of fused-ring (bicyclic) bond motifs is 1. The maximum atomic E-state index is 13.0. The molecule has 0 bridgehead atoms. The van der Waals surface area contributed by atoms with E-state index in [0.29, 0.717) is 22.8 Å². The molecule has 2 aliphatic rings. The Morgan fingerprint density at radius 1 is 1.17 bits per heavy atom. The van der Waals surface area contributed by atoms with Crippen LogP contribution in [0.2, 0.25) is 0 Å². The second-order valence-corrected chi connectivity index (χ2v) is 7.32. The van der Waals surface area contributed by atoms with Gasteiger partial charge >= 0.3 is 6.03 Å². The van der Waals surface area contributed by atoms with E-state index in [1.165, 1.54) is 0 Å². The summed E-state index contributed by atoms with van der Waals surface area (Å²) < 4.78 is 16.2. The standard InChI is InChI=1S/C21H22N2O6/c1-13-3-6-16(7-4-13)27-11-15(24)10-23-19(25)21(2,22-20(23)26)14-5-8-17-18(9-14)29-12-28-17/h3-9,15,24H,10-12H2,1-2H3,(H,22,26)/t15-,21-/m0/s1. The van der Waals surface area contributed by atoms with Crippen molar-refractivity contribution in [2.24, 2.45) is 0 Å². The van der Waals surface area contributed by atoms with Crippen molar-refractivity contribution < 1.29 is 28.9 Å². The molecule has 0 aromatic heterocycles. The number of imide groups is 1. The van der Waals surface area contributed by atoms with Crippen molar-refractivity contribution in [3.63, 3.8) is 0 Å². The first-order valence-electron chi connectivity index (χ1n) is 9.28. The number of rotatable bonds is 6. The smallest absolute Gasteiger partial charge is 0.325 e. The van der Waals surface area contributed by atoms with E-state index < -0.39 is 23.6 Å². The van der Waals surface area contributed by atoms with E-state index in [1.54, 1.807) is 37.3 Å². The number of nitrogens with one attached hydrogen (secondary N) is 1. The molecule has 0 unspecified atom stereocenters. The maximum absolute atomic E-state index is 13.0. The van der Waals surface area contributed by atoms with Gasteiger partial charge in [-0.05, 0) is 43.7 Å². The summed E-state index contributed by atoms with van der Waals surface area (Å²) in [6.07, 6.45) is -1.02. The third kappa shape index (κ3) is 3.58. The van der Waals surface area contributed by atoms with Crippen LogP contribution in [0.3, 0.4) is 0 Å². The fraction of sp³-hybridized carbons (Fsp3) is 0.333. The largest absolute Gasteiger partial charge is 0.491 e. The monoisotopic (exact) mass is 398 g/mol. The molecular formula is C21H22N2O6. The van der Waals surface area contributed by atoms with E-state index >= 15 is 0 Å². The van der Waals surface area contributed by atoms with Crippen LogP contribution >= 0.6 is 0 Å². The number of aryl methyl sites for hydroxylation is 1. The van der Waals surface area contributed by atoms with Crippen molar-refractivity contribution in [3.8, 4) is 17.2 Å². The summed E-state index contributed by atoms with van der Waals surface area (Å²) in [5.41, 5.74) is 0.420. The van der Waals surface area contributed by atoms with Gasteiger partial charge in [0.25, 0.3) is 5.91 Å². The number of urea groups is 1. The molecule has 2 aromatic rings. The lowest BCUT2D eigenvalue weighted by molar-refractivity contribution is -0.132. The number of aliphatic hydroxyl groups is 1. The molecule has 2 N–H and O–H groups in total. The Morgan fingerprint density at radius 2 is 1.90 bits per heavy atom. The number of aliphatic hydroxyl groups excluding tert-OH is 1. The first-order valence-corrected chi connectivity index (χ1v) is 9.28. The molecule has 0 radical (unpaired) electrons. The highest BCUT2D eigenvalue weighted by Gasteiger charge is 2.49. The Balaban J connectivity index is 1.43. The van der Waals surface area contributed by atoms with Crippen LogP contribution < -0.4 is 19.5 Å². The lowest BCUT2D eigenvalue weighted by Gasteiger charge is -2.23.